The van der Waals surface area contributed by atoms with Gasteiger partial charge in [-0.1, -0.05) is 24.3 Å². The third kappa shape index (κ3) is 4.42. The molecule has 5 nitrogen and oxygen atoms in total. The molecule has 122 valence electrons. The van der Waals surface area contributed by atoms with Gasteiger partial charge in [-0.2, -0.15) is 5.10 Å². The highest BCUT2D eigenvalue weighted by atomic mass is 16.1. The fraction of sp³-hybridized carbons (Fsp3) is 0.444. The molecule has 0 saturated carbocycles. The molecular weight excluding hydrogens is 288 g/mol. The Kier molecular flexibility index (Phi) is 5.08. The molecule has 2 aromatic rings. The molecule has 1 fully saturated rings. The van der Waals surface area contributed by atoms with Gasteiger partial charge in [0.25, 0.3) is 0 Å². The van der Waals surface area contributed by atoms with Crippen LogP contribution in [-0.2, 0) is 17.9 Å². The molecule has 1 aliphatic heterocycles. The SMILES string of the molecule is C[C@H]1C[C@@H](C(=O)NCc2ccc(Cn3cccn3)cc2)CCN1. The molecule has 0 aliphatic carbocycles. The molecule has 3 rings (SSSR count). The summed E-state index contributed by atoms with van der Waals surface area (Å²) in [6.07, 6.45) is 5.59. The van der Waals surface area contributed by atoms with Crippen LogP contribution >= 0.6 is 0 Å². The second-order valence-corrected chi connectivity index (χ2v) is 6.31. The van der Waals surface area contributed by atoms with Gasteiger partial charge in [-0.3, -0.25) is 9.48 Å². The zero-order valence-electron chi connectivity index (χ0n) is 13.5. The third-order valence-electron chi connectivity index (χ3n) is 4.39. The van der Waals surface area contributed by atoms with E-state index in [1.54, 1.807) is 6.20 Å². The number of carbonyl (C=O) groups is 1. The minimum Gasteiger partial charge on any atom is -0.352 e. The molecule has 23 heavy (non-hydrogen) atoms. The van der Waals surface area contributed by atoms with Gasteiger partial charge in [0.2, 0.25) is 5.91 Å². The van der Waals surface area contributed by atoms with Crippen molar-refractivity contribution in [3.63, 3.8) is 0 Å². The Morgan fingerprint density at radius 2 is 2.13 bits per heavy atom. The van der Waals surface area contributed by atoms with Gasteiger partial charge in [0.05, 0.1) is 6.54 Å². The molecule has 5 heteroatoms. The summed E-state index contributed by atoms with van der Waals surface area (Å²) in [6, 6.07) is 10.7. The number of hydrogen-bond donors (Lipinski definition) is 2. The Morgan fingerprint density at radius 3 is 2.83 bits per heavy atom. The topological polar surface area (TPSA) is 59.0 Å². The minimum absolute atomic E-state index is 0.144. The molecule has 1 aromatic heterocycles. The molecule has 0 radical (unpaired) electrons. The highest BCUT2D eigenvalue weighted by Gasteiger charge is 2.24. The lowest BCUT2D eigenvalue weighted by Gasteiger charge is -2.27. The second-order valence-electron chi connectivity index (χ2n) is 6.31. The highest BCUT2D eigenvalue weighted by Crippen LogP contribution is 2.16. The first-order valence-electron chi connectivity index (χ1n) is 8.27. The van der Waals surface area contributed by atoms with E-state index in [9.17, 15) is 4.79 Å². The summed E-state index contributed by atoms with van der Waals surface area (Å²) in [5.74, 6) is 0.323. The molecule has 2 atom stereocenters. The number of carbonyl (C=O) groups excluding carboxylic acids is 1. The van der Waals surface area contributed by atoms with Gasteiger partial charge in [-0.15, -0.1) is 0 Å². The van der Waals surface area contributed by atoms with Crippen LogP contribution in [0.15, 0.2) is 42.7 Å². The van der Waals surface area contributed by atoms with Gasteiger partial charge < -0.3 is 10.6 Å². The van der Waals surface area contributed by atoms with Crippen LogP contribution in [0.2, 0.25) is 0 Å². The zero-order valence-corrected chi connectivity index (χ0v) is 13.5. The number of rotatable bonds is 5. The van der Waals surface area contributed by atoms with Crippen molar-refractivity contribution in [1.29, 1.82) is 0 Å². The molecule has 0 unspecified atom stereocenters. The van der Waals surface area contributed by atoms with E-state index in [-0.39, 0.29) is 11.8 Å². The van der Waals surface area contributed by atoms with Crippen molar-refractivity contribution in [1.82, 2.24) is 20.4 Å². The predicted octanol–water partition coefficient (Wildman–Crippen LogP) is 1.94. The summed E-state index contributed by atoms with van der Waals surface area (Å²) in [5.41, 5.74) is 2.33. The fourth-order valence-electron chi connectivity index (χ4n) is 3.05. The summed E-state index contributed by atoms with van der Waals surface area (Å²) in [4.78, 5) is 12.2. The Labute approximate surface area is 137 Å². The van der Waals surface area contributed by atoms with E-state index in [1.165, 1.54) is 5.56 Å². The zero-order chi connectivity index (χ0) is 16.1. The molecule has 0 spiro atoms. The van der Waals surface area contributed by atoms with E-state index in [2.05, 4.69) is 46.9 Å². The summed E-state index contributed by atoms with van der Waals surface area (Å²) in [5, 5.41) is 10.7. The maximum Gasteiger partial charge on any atom is 0.223 e. The molecule has 2 heterocycles. The van der Waals surface area contributed by atoms with Crippen LogP contribution in [0.3, 0.4) is 0 Å². The molecule has 1 aromatic carbocycles. The largest absolute Gasteiger partial charge is 0.352 e. The monoisotopic (exact) mass is 312 g/mol. The summed E-state index contributed by atoms with van der Waals surface area (Å²) in [6.45, 7) is 4.44. The number of nitrogens with one attached hydrogen (secondary N) is 2. The van der Waals surface area contributed by atoms with E-state index in [4.69, 9.17) is 0 Å². The van der Waals surface area contributed by atoms with Gasteiger partial charge in [0.15, 0.2) is 0 Å². The van der Waals surface area contributed by atoms with E-state index in [0.717, 1.165) is 31.5 Å². The maximum absolute atomic E-state index is 12.2. The number of nitrogens with zero attached hydrogens (tertiary/aromatic N) is 2. The summed E-state index contributed by atoms with van der Waals surface area (Å²) in [7, 11) is 0. The highest BCUT2D eigenvalue weighted by molar-refractivity contribution is 5.78. The molecule has 1 aliphatic rings. The quantitative estimate of drug-likeness (QED) is 0.887. The smallest absolute Gasteiger partial charge is 0.223 e. The van der Waals surface area contributed by atoms with Gasteiger partial charge in [-0.05, 0) is 43.5 Å². The van der Waals surface area contributed by atoms with E-state index in [1.807, 2.05) is 16.9 Å². The van der Waals surface area contributed by atoms with Crippen LogP contribution in [-0.4, -0.2) is 28.3 Å². The normalized spacial score (nSPS) is 21.1. The van der Waals surface area contributed by atoms with Crippen molar-refractivity contribution >= 4 is 5.91 Å². The van der Waals surface area contributed by atoms with Crippen LogP contribution < -0.4 is 10.6 Å². The maximum atomic E-state index is 12.2. The third-order valence-corrected chi connectivity index (χ3v) is 4.39. The van der Waals surface area contributed by atoms with Gasteiger partial charge in [0.1, 0.15) is 0 Å². The van der Waals surface area contributed by atoms with Crippen molar-refractivity contribution in [2.45, 2.75) is 38.9 Å². The van der Waals surface area contributed by atoms with Gasteiger partial charge >= 0.3 is 0 Å². The van der Waals surface area contributed by atoms with Crippen molar-refractivity contribution < 1.29 is 4.79 Å². The van der Waals surface area contributed by atoms with Crippen molar-refractivity contribution in [2.75, 3.05) is 6.54 Å². The second kappa shape index (κ2) is 7.42. The number of amides is 1. The number of hydrogen-bond acceptors (Lipinski definition) is 3. The molecule has 1 saturated heterocycles. The Hall–Kier alpha value is -2.14. The molecular formula is C18H24N4O. The predicted molar refractivity (Wildman–Crippen MR) is 89.8 cm³/mol. The number of piperidine rings is 1. The number of benzene rings is 1. The summed E-state index contributed by atoms with van der Waals surface area (Å²) >= 11 is 0. The van der Waals surface area contributed by atoms with E-state index >= 15 is 0 Å². The van der Waals surface area contributed by atoms with Crippen molar-refractivity contribution in [3.8, 4) is 0 Å². The van der Waals surface area contributed by atoms with Crippen LogP contribution in [0.4, 0.5) is 0 Å². The lowest BCUT2D eigenvalue weighted by molar-refractivity contribution is -0.126. The minimum atomic E-state index is 0.144. The Balaban J connectivity index is 1.49. The Bertz CT molecular complexity index is 621. The van der Waals surface area contributed by atoms with Crippen molar-refractivity contribution in [3.05, 3.63) is 53.9 Å². The lowest BCUT2D eigenvalue weighted by Crippen LogP contribution is -2.42. The summed E-state index contributed by atoms with van der Waals surface area (Å²) < 4.78 is 1.90. The molecule has 1 amide bonds. The van der Waals surface area contributed by atoms with Crippen molar-refractivity contribution in [2.24, 2.45) is 5.92 Å². The average molecular weight is 312 g/mol. The molecule has 2 N–H and O–H groups in total. The fourth-order valence-corrected chi connectivity index (χ4v) is 3.05. The number of aromatic nitrogens is 2. The Morgan fingerprint density at radius 1 is 1.35 bits per heavy atom. The van der Waals surface area contributed by atoms with Gasteiger partial charge in [0, 0.05) is 30.9 Å². The van der Waals surface area contributed by atoms with Crippen LogP contribution in [0.25, 0.3) is 0 Å². The van der Waals surface area contributed by atoms with Crippen LogP contribution in [0, 0.1) is 5.92 Å². The van der Waals surface area contributed by atoms with Gasteiger partial charge in [-0.25, -0.2) is 0 Å². The average Bonchev–Trinajstić information content (AvgIpc) is 3.07. The molecule has 0 bridgehead atoms. The van der Waals surface area contributed by atoms with E-state index < -0.39 is 0 Å². The first-order valence-corrected chi connectivity index (χ1v) is 8.27. The van der Waals surface area contributed by atoms with Crippen LogP contribution in [0.1, 0.15) is 30.9 Å². The first kappa shape index (κ1) is 15.7. The van der Waals surface area contributed by atoms with E-state index in [0.29, 0.717) is 12.6 Å². The van der Waals surface area contributed by atoms with Crippen LogP contribution in [0.5, 0.6) is 0 Å². The standard InChI is InChI=1S/C18H24N4O/c1-14-11-17(7-9-19-14)18(23)20-12-15-3-5-16(6-4-15)13-22-10-2-8-21-22/h2-6,8,10,14,17,19H,7,9,11-13H2,1H3,(H,20,23)/t14-,17-/m0/s1. The first-order chi connectivity index (χ1) is 11.2. The lowest BCUT2D eigenvalue weighted by atomic mass is 9.92.